The number of alkyl halides is 3. The quantitative estimate of drug-likeness (QED) is 0.283. The van der Waals surface area contributed by atoms with E-state index in [1.165, 1.54) is 6.07 Å². The van der Waals surface area contributed by atoms with Gasteiger partial charge in [0.05, 0.1) is 17.2 Å². The number of halogens is 4. The molecule has 0 unspecified atom stereocenters. The van der Waals surface area contributed by atoms with Crippen LogP contribution in [0.2, 0.25) is 5.02 Å². The Morgan fingerprint density at radius 2 is 1.69 bits per heavy atom. The van der Waals surface area contributed by atoms with Gasteiger partial charge in [-0.1, -0.05) is 41.9 Å². The van der Waals surface area contributed by atoms with Gasteiger partial charge >= 0.3 is 6.18 Å². The van der Waals surface area contributed by atoms with Gasteiger partial charge in [-0.3, -0.25) is 4.79 Å². The highest BCUT2D eigenvalue weighted by Gasteiger charge is 2.33. The molecule has 0 aliphatic carbocycles. The van der Waals surface area contributed by atoms with Gasteiger partial charge in [0.1, 0.15) is 18.1 Å². The highest BCUT2D eigenvalue weighted by molar-refractivity contribution is 6.31. The summed E-state index contributed by atoms with van der Waals surface area (Å²) in [4.78, 5) is 12.8. The van der Waals surface area contributed by atoms with Gasteiger partial charge in [0.15, 0.2) is 0 Å². The van der Waals surface area contributed by atoms with Crippen molar-refractivity contribution >= 4 is 34.0 Å². The van der Waals surface area contributed by atoms with Crippen LogP contribution in [0.25, 0.3) is 10.8 Å². The number of fused-ring (bicyclic) bond motifs is 1. The van der Waals surface area contributed by atoms with Gasteiger partial charge in [-0.15, -0.1) is 0 Å². The minimum atomic E-state index is -4.63. The lowest BCUT2D eigenvalue weighted by atomic mass is 10.1. The zero-order valence-corrected chi connectivity index (χ0v) is 19.4. The van der Waals surface area contributed by atoms with Crippen molar-refractivity contribution in [2.75, 3.05) is 11.9 Å². The first-order valence-corrected chi connectivity index (χ1v) is 11.2. The number of anilines is 1. The highest BCUT2D eigenvalue weighted by atomic mass is 35.5. The number of hydrogen-bond acceptors (Lipinski definition) is 3. The fourth-order valence-electron chi connectivity index (χ4n) is 3.57. The normalized spacial score (nSPS) is 11.3. The van der Waals surface area contributed by atoms with E-state index in [1.54, 1.807) is 18.2 Å². The second kappa shape index (κ2) is 10.3. The number of ether oxygens (including phenoxy) is 2. The molecule has 8 heteroatoms. The molecule has 4 nitrogen and oxygen atoms in total. The van der Waals surface area contributed by atoms with E-state index < -0.39 is 22.7 Å². The SMILES string of the molecule is CCOc1ccc(C(=O)Nc2ccc(Cl)c(C(F)(F)F)c2)cc1COc1ccc2ccccc2c1. The Balaban J connectivity index is 1.54. The molecule has 1 N–H and O–H groups in total. The third-order valence-corrected chi connectivity index (χ3v) is 5.60. The first-order chi connectivity index (χ1) is 16.7. The number of carbonyl (C=O) groups excluding carboxylic acids is 1. The molecule has 0 saturated carbocycles. The molecule has 0 saturated heterocycles. The maximum atomic E-state index is 13.1. The minimum absolute atomic E-state index is 0.0189. The zero-order chi connectivity index (χ0) is 25.0. The zero-order valence-electron chi connectivity index (χ0n) is 18.7. The molecule has 0 atom stereocenters. The maximum Gasteiger partial charge on any atom is 0.417 e. The van der Waals surface area contributed by atoms with Crippen LogP contribution in [-0.4, -0.2) is 12.5 Å². The largest absolute Gasteiger partial charge is 0.493 e. The van der Waals surface area contributed by atoms with Crippen LogP contribution in [0.4, 0.5) is 18.9 Å². The molecule has 4 aromatic rings. The van der Waals surface area contributed by atoms with Crippen LogP contribution < -0.4 is 14.8 Å². The first-order valence-electron chi connectivity index (χ1n) is 10.8. The molecule has 0 fully saturated rings. The molecule has 0 bridgehead atoms. The summed E-state index contributed by atoms with van der Waals surface area (Å²) in [6.45, 7) is 2.39. The molecule has 0 aliphatic rings. The van der Waals surface area contributed by atoms with Crippen LogP contribution in [0.15, 0.2) is 78.9 Å². The van der Waals surface area contributed by atoms with Gasteiger partial charge in [0.25, 0.3) is 5.91 Å². The number of benzene rings is 4. The summed E-state index contributed by atoms with van der Waals surface area (Å²) in [6, 6.07) is 21.6. The molecule has 0 aliphatic heterocycles. The van der Waals surface area contributed by atoms with Crippen molar-refractivity contribution in [1.82, 2.24) is 0 Å². The van der Waals surface area contributed by atoms with Crippen LogP contribution in [0.1, 0.15) is 28.4 Å². The lowest BCUT2D eigenvalue weighted by Gasteiger charge is -2.15. The van der Waals surface area contributed by atoms with Crippen LogP contribution in [0.5, 0.6) is 11.5 Å². The molecule has 0 radical (unpaired) electrons. The Morgan fingerprint density at radius 1 is 0.914 bits per heavy atom. The van der Waals surface area contributed by atoms with Gasteiger partial charge in [0.2, 0.25) is 0 Å². The Hall–Kier alpha value is -3.71. The van der Waals surface area contributed by atoms with Crippen LogP contribution in [0.3, 0.4) is 0 Å². The van der Waals surface area contributed by atoms with Gasteiger partial charge in [0, 0.05) is 16.8 Å². The molecule has 4 rings (SSSR count). The van der Waals surface area contributed by atoms with E-state index in [1.807, 2.05) is 49.4 Å². The lowest BCUT2D eigenvalue weighted by molar-refractivity contribution is -0.137. The average Bonchev–Trinajstić information content (AvgIpc) is 2.84. The summed E-state index contributed by atoms with van der Waals surface area (Å²) in [5.74, 6) is 0.632. The van der Waals surface area contributed by atoms with Gasteiger partial charge in [-0.2, -0.15) is 13.2 Å². The predicted molar refractivity (Wildman–Crippen MR) is 130 cm³/mol. The second-order valence-electron chi connectivity index (χ2n) is 7.70. The maximum absolute atomic E-state index is 13.1. The van der Waals surface area contributed by atoms with Gasteiger partial charge < -0.3 is 14.8 Å². The second-order valence-corrected chi connectivity index (χ2v) is 8.11. The van der Waals surface area contributed by atoms with E-state index in [0.717, 1.165) is 22.9 Å². The molecular formula is C27H21ClF3NO3. The van der Waals surface area contributed by atoms with Crippen molar-refractivity contribution in [2.24, 2.45) is 0 Å². The summed E-state index contributed by atoms with van der Waals surface area (Å²) in [7, 11) is 0. The lowest BCUT2D eigenvalue weighted by Crippen LogP contribution is -2.14. The fourth-order valence-corrected chi connectivity index (χ4v) is 3.80. The van der Waals surface area contributed by atoms with Crippen molar-refractivity contribution < 1.29 is 27.4 Å². The van der Waals surface area contributed by atoms with E-state index in [4.69, 9.17) is 21.1 Å². The summed E-state index contributed by atoms with van der Waals surface area (Å²) in [5, 5.41) is 4.17. The van der Waals surface area contributed by atoms with E-state index in [2.05, 4.69) is 5.32 Å². The molecular weight excluding hydrogens is 479 g/mol. The number of nitrogens with one attached hydrogen (secondary N) is 1. The van der Waals surface area contributed by atoms with Gasteiger partial charge in [-0.25, -0.2) is 0 Å². The van der Waals surface area contributed by atoms with Crippen molar-refractivity contribution in [3.05, 3.63) is 101 Å². The van der Waals surface area contributed by atoms with Crippen molar-refractivity contribution in [1.29, 1.82) is 0 Å². The topological polar surface area (TPSA) is 47.6 Å². The van der Waals surface area contributed by atoms with E-state index in [9.17, 15) is 18.0 Å². The monoisotopic (exact) mass is 499 g/mol. The van der Waals surface area contributed by atoms with Crippen molar-refractivity contribution in [2.45, 2.75) is 19.7 Å². The summed E-state index contributed by atoms with van der Waals surface area (Å²) >= 11 is 5.66. The standard InChI is InChI=1S/C27H21ClF3NO3/c1-2-34-25-12-8-19(26(33)32-21-9-11-24(28)23(15-21)27(29,30)31)13-20(25)16-35-22-10-7-17-5-3-4-6-18(17)14-22/h3-15H,2,16H2,1H3,(H,32,33). The molecule has 35 heavy (non-hydrogen) atoms. The smallest absolute Gasteiger partial charge is 0.417 e. The van der Waals surface area contributed by atoms with Crippen LogP contribution in [0, 0.1) is 0 Å². The molecule has 180 valence electrons. The summed E-state index contributed by atoms with van der Waals surface area (Å²) in [6.07, 6.45) is -4.63. The number of carbonyl (C=O) groups is 1. The summed E-state index contributed by atoms with van der Waals surface area (Å²) in [5.41, 5.74) is -0.170. The molecule has 0 heterocycles. The van der Waals surface area contributed by atoms with Crippen molar-refractivity contribution in [3.8, 4) is 11.5 Å². The molecule has 4 aromatic carbocycles. The molecule has 1 amide bonds. The Labute approximate surface area is 205 Å². The fraction of sp³-hybridized carbons (Fsp3) is 0.148. The Bertz CT molecular complexity index is 1370. The number of hydrogen-bond donors (Lipinski definition) is 1. The average molecular weight is 500 g/mol. The van der Waals surface area contributed by atoms with Gasteiger partial charge in [-0.05, 0) is 66.2 Å². The van der Waals surface area contributed by atoms with E-state index in [-0.39, 0.29) is 17.9 Å². The number of amides is 1. The minimum Gasteiger partial charge on any atom is -0.493 e. The van der Waals surface area contributed by atoms with E-state index >= 15 is 0 Å². The number of rotatable bonds is 7. The third-order valence-electron chi connectivity index (χ3n) is 5.27. The third kappa shape index (κ3) is 5.87. The van der Waals surface area contributed by atoms with Crippen molar-refractivity contribution in [3.63, 3.8) is 0 Å². The molecule has 0 aromatic heterocycles. The first kappa shape index (κ1) is 24.4. The highest BCUT2D eigenvalue weighted by Crippen LogP contribution is 2.36. The molecule has 0 spiro atoms. The predicted octanol–water partition coefficient (Wildman–Crippen LogP) is 7.74. The Morgan fingerprint density at radius 3 is 2.43 bits per heavy atom. The van der Waals surface area contributed by atoms with Crippen LogP contribution in [-0.2, 0) is 12.8 Å². The Kier molecular flexibility index (Phi) is 7.17. The van der Waals surface area contributed by atoms with E-state index in [0.29, 0.717) is 23.7 Å². The van der Waals surface area contributed by atoms with Crippen LogP contribution >= 0.6 is 11.6 Å². The summed E-state index contributed by atoms with van der Waals surface area (Å²) < 4.78 is 51.1.